The molecule has 1 nitrogen and oxygen atoms in total. The van der Waals surface area contributed by atoms with Crippen molar-refractivity contribution in [1.29, 1.82) is 0 Å². The Morgan fingerprint density at radius 2 is 1.62 bits per heavy atom. The van der Waals surface area contributed by atoms with Crippen molar-refractivity contribution in [2.75, 3.05) is 13.1 Å². The molecule has 1 aliphatic heterocycles. The lowest BCUT2D eigenvalue weighted by atomic mass is 9.64. The van der Waals surface area contributed by atoms with E-state index in [0.717, 1.165) is 5.41 Å². The zero-order valence-electron chi connectivity index (χ0n) is 9.40. The van der Waals surface area contributed by atoms with Gasteiger partial charge in [-0.2, -0.15) is 0 Å². The molecule has 13 heavy (non-hydrogen) atoms. The highest BCUT2D eigenvalue weighted by Gasteiger charge is 2.42. The average Bonchev–Trinajstić information content (AvgIpc) is 2.00. The maximum absolute atomic E-state index is 2.69. The third-order valence-corrected chi connectivity index (χ3v) is 4.02. The second-order valence-corrected chi connectivity index (χ2v) is 6.05. The van der Waals surface area contributed by atoms with Gasteiger partial charge < -0.3 is 0 Å². The third-order valence-electron chi connectivity index (χ3n) is 4.02. The summed E-state index contributed by atoms with van der Waals surface area (Å²) in [4.78, 5) is 2.69. The van der Waals surface area contributed by atoms with Gasteiger partial charge >= 0.3 is 0 Å². The van der Waals surface area contributed by atoms with Gasteiger partial charge in [-0.1, -0.05) is 6.42 Å². The first-order valence-corrected chi connectivity index (χ1v) is 5.77. The van der Waals surface area contributed by atoms with Crippen LogP contribution in [-0.4, -0.2) is 23.5 Å². The van der Waals surface area contributed by atoms with E-state index in [1.165, 1.54) is 45.2 Å². The molecule has 1 heteroatoms. The Kier molecular flexibility index (Phi) is 2.18. The monoisotopic (exact) mass is 181 g/mol. The second-order valence-electron chi connectivity index (χ2n) is 6.05. The Balaban J connectivity index is 2.00. The van der Waals surface area contributed by atoms with Gasteiger partial charge in [0.15, 0.2) is 0 Å². The summed E-state index contributed by atoms with van der Waals surface area (Å²) in [5.74, 6) is 0. The summed E-state index contributed by atoms with van der Waals surface area (Å²) in [5.41, 5.74) is 1.15. The molecular weight excluding hydrogens is 158 g/mol. The number of rotatable bonds is 0. The van der Waals surface area contributed by atoms with Crippen LogP contribution in [0, 0.1) is 5.41 Å². The highest BCUT2D eigenvalue weighted by molar-refractivity contribution is 4.95. The van der Waals surface area contributed by atoms with Crippen molar-refractivity contribution in [3.8, 4) is 0 Å². The number of piperidine rings is 1. The van der Waals surface area contributed by atoms with E-state index < -0.39 is 0 Å². The molecule has 0 amide bonds. The van der Waals surface area contributed by atoms with Crippen LogP contribution >= 0.6 is 0 Å². The molecule has 1 aliphatic carbocycles. The first-order valence-electron chi connectivity index (χ1n) is 5.77. The molecule has 2 aliphatic rings. The van der Waals surface area contributed by atoms with Crippen LogP contribution in [-0.2, 0) is 0 Å². The Morgan fingerprint density at radius 1 is 1.00 bits per heavy atom. The van der Waals surface area contributed by atoms with Crippen molar-refractivity contribution in [1.82, 2.24) is 4.90 Å². The van der Waals surface area contributed by atoms with Gasteiger partial charge in [-0.15, -0.1) is 0 Å². The topological polar surface area (TPSA) is 3.24 Å². The maximum atomic E-state index is 2.69. The van der Waals surface area contributed by atoms with E-state index in [1.54, 1.807) is 0 Å². The molecule has 1 heterocycles. The Labute approximate surface area is 82.5 Å². The van der Waals surface area contributed by atoms with Crippen LogP contribution in [0.5, 0.6) is 0 Å². The Bertz CT molecular complexity index is 186. The number of hydrogen-bond acceptors (Lipinski definition) is 1. The largest absolute Gasteiger partial charge is 0.298 e. The fraction of sp³-hybridized carbons (Fsp3) is 1.00. The molecule has 1 saturated heterocycles. The fourth-order valence-corrected chi connectivity index (χ4v) is 2.87. The molecule has 0 bridgehead atoms. The Hall–Kier alpha value is -0.0400. The molecule has 2 rings (SSSR count). The molecule has 1 saturated carbocycles. The smallest absolute Gasteiger partial charge is 0.0125 e. The predicted molar refractivity (Wildman–Crippen MR) is 56.8 cm³/mol. The van der Waals surface area contributed by atoms with Crippen molar-refractivity contribution in [3.05, 3.63) is 0 Å². The summed E-state index contributed by atoms with van der Waals surface area (Å²) >= 11 is 0. The molecule has 0 radical (unpaired) electrons. The van der Waals surface area contributed by atoms with E-state index in [0.29, 0.717) is 5.54 Å². The number of nitrogens with zero attached hydrogens (tertiary/aromatic N) is 1. The third kappa shape index (κ3) is 1.76. The lowest BCUT2D eigenvalue weighted by molar-refractivity contribution is -0.0203. The van der Waals surface area contributed by atoms with Gasteiger partial charge in [0, 0.05) is 12.1 Å². The first-order chi connectivity index (χ1) is 6.02. The van der Waals surface area contributed by atoms with Gasteiger partial charge in [0.25, 0.3) is 0 Å². The standard InChI is InChI=1S/C12H23N/c1-11(2,3)13-9-5-8-12(10-13)6-4-7-12/h4-10H2,1-3H3. The zero-order chi connectivity index (χ0) is 9.53. The fourth-order valence-electron chi connectivity index (χ4n) is 2.87. The lowest BCUT2D eigenvalue weighted by Crippen LogP contribution is -2.53. The SMILES string of the molecule is CC(C)(C)N1CCCC2(CCC2)C1. The zero-order valence-corrected chi connectivity index (χ0v) is 9.40. The summed E-state index contributed by atoms with van der Waals surface area (Å²) in [7, 11) is 0. The average molecular weight is 181 g/mol. The predicted octanol–water partition coefficient (Wildman–Crippen LogP) is 3.05. The minimum absolute atomic E-state index is 0.392. The summed E-state index contributed by atoms with van der Waals surface area (Å²) in [6.45, 7) is 9.75. The van der Waals surface area contributed by atoms with Crippen LogP contribution < -0.4 is 0 Å². The number of likely N-dealkylation sites (tertiary alicyclic amines) is 1. The van der Waals surface area contributed by atoms with Crippen molar-refractivity contribution in [2.24, 2.45) is 5.41 Å². The van der Waals surface area contributed by atoms with Crippen LogP contribution in [0.15, 0.2) is 0 Å². The first kappa shape index (κ1) is 9.51. The molecule has 76 valence electrons. The molecule has 0 atom stereocenters. The molecule has 0 aromatic rings. The minimum Gasteiger partial charge on any atom is -0.298 e. The van der Waals surface area contributed by atoms with E-state index in [2.05, 4.69) is 25.7 Å². The van der Waals surface area contributed by atoms with E-state index in [9.17, 15) is 0 Å². The molecule has 1 spiro atoms. The normalized spacial score (nSPS) is 28.8. The summed E-state index contributed by atoms with van der Waals surface area (Å²) < 4.78 is 0. The van der Waals surface area contributed by atoms with Crippen LogP contribution in [0.25, 0.3) is 0 Å². The van der Waals surface area contributed by atoms with Gasteiger partial charge in [-0.05, 0) is 58.4 Å². The molecular formula is C12H23N. The van der Waals surface area contributed by atoms with Crippen LogP contribution in [0.2, 0.25) is 0 Å². The quantitative estimate of drug-likeness (QED) is 0.555. The maximum Gasteiger partial charge on any atom is 0.0125 e. The molecule has 2 fully saturated rings. The van der Waals surface area contributed by atoms with E-state index in [1.807, 2.05) is 0 Å². The highest BCUT2D eigenvalue weighted by Crippen LogP contribution is 2.48. The molecule has 0 unspecified atom stereocenters. The van der Waals surface area contributed by atoms with Gasteiger partial charge in [0.2, 0.25) is 0 Å². The lowest BCUT2D eigenvalue weighted by Gasteiger charge is -2.52. The van der Waals surface area contributed by atoms with Gasteiger partial charge in [0.1, 0.15) is 0 Å². The van der Waals surface area contributed by atoms with Crippen LogP contribution in [0.3, 0.4) is 0 Å². The van der Waals surface area contributed by atoms with Gasteiger partial charge in [-0.3, -0.25) is 4.90 Å². The highest BCUT2D eigenvalue weighted by atomic mass is 15.2. The summed E-state index contributed by atoms with van der Waals surface area (Å²) in [6, 6.07) is 0. The van der Waals surface area contributed by atoms with E-state index in [-0.39, 0.29) is 0 Å². The molecule has 0 aromatic carbocycles. The van der Waals surface area contributed by atoms with Crippen molar-refractivity contribution in [2.45, 2.75) is 58.4 Å². The van der Waals surface area contributed by atoms with E-state index in [4.69, 9.17) is 0 Å². The second kappa shape index (κ2) is 2.98. The van der Waals surface area contributed by atoms with E-state index >= 15 is 0 Å². The van der Waals surface area contributed by atoms with Crippen LogP contribution in [0.4, 0.5) is 0 Å². The summed E-state index contributed by atoms with van der Waals surface area (Å²) in [5, 5.41) is 0. The minimum atomic E-state index is 0.392. The van der Waals surface area contributed by atoms with Crippen molar-refractivity contribution < 1.29 is 0 Å². The van der Waals surface area contributed by atoms with Gasteiger partial charge in [-0.25, -0.2) is 0 Å². The molecule has 0 aromatic heterocycles. The summed E-state index contributed by atoms with van der Waals surface area (Å²) in [6.07, 6.45) is 7.41. The van der Waals surface area contributed by atoms with Crippen LogP contribution in [0.1, 0.15) is 52.9 Å². The number of hydrogen-bond donors (Lipinski definition) is 0. The molecule has 0 N–H and O–H groups in total. The van der Waals surface area contributed by atoms with Crippen molar-refractivity contribution >= 4 is 0 Å². The Morgan fingerprint density at radius 3 is 2.08 bits per heavy atom. The van der Waals surface area contributed by atoms with Gasteiger partial charge in [0.05, 0.1) is 0 Å². The van der Waals surface area contributed by atoms with Crippen molar-refractivity contribution in [3.63, 3.8) is 0 Å².